The number of hydrogen-bond acceptors (Lipinski definition) is 3. The zero-order chi connectivity index (χ0) is 14.6. The Bertz CT molecular complexity index is 618. The Hall–Kier alpha value is -2.32. The van der Waals surface area contributed by atoms with Gasteiger partial charge in [-0.05, 0) is 30.7 Å². The van der Waals surface area contributed by atoms with Crippen LogP contribution in [0.5, 0.6) is 0 Å². The summed E-state index contributed by atoms with van der Waals surface area (Å²) in [4.78, 5) is 11.8. The quantitative estimate of drug-likeness (QED) is 0.386. The first-order chi connectivity index (χ1) is 8.86. The normalized spacial score (nSPS) is 11.3. The van der Waals surface area contributed by atoms with Crippen molar-refractivity contribution in [1.29, 1.82) is 5.26 Å². The molecule has 0 radical (unpaired) electrons. The molecule has 1 amide bonds. The van der Waals surface area contributed by atoms with Crippen LogP contribution >= 0.6 is 11.6 Å². The first kappa shape index (κ1) is 14.7. The monoisotopic (exact) mass is 280 g/mol. The molecule has 0 aliphatic carbocycles. The maximum absolute atomic E-state index is 12.9. The Morgan fingerprint density at radius 3 is 2.68 bits per heavy atom. The van der Waals surface area contributed by atoms with E-state index in [4.69, 9.17) is 16.9 Å². The second-order valence-electron chi connectivity index (χ2n) is 3.70. The van der Waals surface area contributed by atoms with Crippen molar-refractivity contribution in [1.82, 2.24) is 0 Å². The average Bonchev–Trinajstić information content (AvgIpc) is 2.34. The van der Waals surface area contributed by atoms with Crippen molar-refractivity contribution >= 4 is 23.2 Å². The van der Waals surface area contributed by atoms with Crippen LogP contribution in [0, 0.1) is 17.1 Å². The summed E-state index contributed by atoms with van der Waals surface area (Å²) in [5.74, 6) is -1.95. The molecule has 0 heterocycles. The number of carbonyl (C=O) groups is 1. The van der Waals surface area contributed by atoms with E-state index in [1.165, 1.54) is 19.1 Å². The zero-order valence-corrected chi connectivity index (χ0v) is 10.8. The molecule has 19 heavy (non-hydrogen) atoms. The molecule has 0 bridgehead atoms. The van der Waals surface area contributed by atoms with E-state index in [9.17, 15) is 14.3 Å². The number of carbonyl (C=O) groups excluding carboxylic acids is 1. The van der Waals surface area contributed by atoms with Crippen molar-refractivity contribution < 1.29 is 14.3 Å². The summed E-state index contributed by atoms with van der Waals surface area (Å²) in [5.41, 5.74) is -0.0875. The van der Waals surface area contributed by atoms with E-state index >= 15 is 0 Å². The highest BCUT2D eigenvalue weighted by atomic mass is 35.5. The largest absolute Gasteiger partial charge is 0.506 e. The smallest absolute Gasteiger partial charge is 0.270 e. The van der Waals surface area contributed by atoms with Crippen molar-refractivity contribution in [3.63, 3.8) is 0 Å². The summed E-state index contributed by atoms with van der Waals surface area (Å²) < 4.78 is 12.9. The Balaban J connectivity index is 3.02. The molecule has 0 aliphatic heterocycles. The maximum Gasteiger partial charge on any atom is 0.270 e. The molecule has 98 valence electrons. The molecule has 1 aromatic rings. The van der Waals surface area contributed by atoms with E-state index in [1.807, 2.05) is 0 Å². The van der Waals surface area contributed by atoms with Gasteiger partial charge in [-0.1, -0.05) is 18.2 Å². The van der Waals surface area contributed by atoms with Gasteiger partial charge in [0.1, 0.15) is 17.6 Å². The first-order valence-corrected chi connectivity index (χ1v) is 5.50. The second-order valence-corrected chi connectivity index (χ2v) is 4.11. The molecule has 2 N–H and O–H groups in total. The predicted molar refractivity (Wildman–Crippen MR) is 70.1 cm³/mol. The van der Waals surface area contributed by atoms with Gasteiger partial charge in [0.05, 0.1) is 5.02 Å². The number of allylic oxidation sites excluding steroid dienone is 1. The van der Waals surface area contributed by atoms with E-state index in [1.54, 1.807) is 6.07 Å². The number of aliphatic hydroxyl groups excluding tert-OH is 1. The van der Waals surface area contributed by atoms with Gasteiger partial charge in [-0.25, -0.2) is 4.39 Å². The van der Waals surface area contributed by atoms with Crippen molar-refractivity contribution in [2.24, 2.45) is 0 Å². The van der Waals surface area contributed by atoms with E-state index in [0.717, 1.165) is 6.07 Å². The maximum atomic E-state index is 12.9. The van der Waals surface area contributed by atoms with E-state index in [0.29, 0.717) is 0 Å². The van der Waals surface area contributed by atoms with Gasteiger partial charge >= 0.3 is 0 Å². The lowest BCUT2D eigenvalue weighted by Gasteiger charge is -2.06. The molecule has 0 fully saturated rings. The third-order valence-corrected chi connectivity index (χ3v) is 2.45. The van der Waals surface area contributed by atoms with Crippen LogP contribution in [-0.4, -0.2) is 11.0 Å². The third-order valence-electron chi connectivity index (χ3n) is 2.16. The number of anilines is 1. The summed E-state index contributed by atoms with van der Waals surface area (Å²) in [6, 6.07) is 5.13. The van der Waals surface area contributed by atoms with Crippen LogP contribution in [-0.2, 0) is 4.79 Å². The van der Waals surface area contributed by atoms with Crippen LogP contribution < -0.4 is 5.32 Å². The minimum atomic E-state index is -0.828. The van der Waals surface area contributed by atoms with Crippen molar-refractivity contribution in [3.05, 3.63) is 52.5 Å². The van der Waals surface area contributed by atoms with Crippen LogP contribution in [0.3, 0.4) is 0 Å². The minimum absolute atomic E-state index is 0.163. The van der Waals surface area contributed by atoms with Gasteiger partial charge in [-0.15, -0.1) is 0 Å². The summed E-state index contributed by atoms with van der Waals surface area (Å²) in [6.07, 6.45) is 0. The molecule has 1 rings (SSSR count). The number of aliphatic hydroxyl groups is 1. The summed E-state index contributed by atoms with van der Waals surface area (Å²) in [5, 5.41) is 20.5. The predicted octanol–water partition coefficient (Wildman–Crippen LogP) is 3.33. The molecule has 1 aromatic carbocycles. The fourth-order valence-corrected chi connectivity index (χ4v) is 1.37. The molecule has 4 nitrogen and oxygen atoms in total. The first-order valence-electron chi connectivity index (χ1n) is 5.12. The Labute approximate surface area is 114 Å². The van der Waals surface area contributed by atoms with Crippen LogP contribution in [0.15, 0.2) is 41.7 Å². The fourth-order valence-electron chi connectivity index (χ4n) is 1.19. The van der Waals surface area contributed by atoms with Crippen LogP contribution in [0.4, 0.5) is 10.1 Å². The standard InChI is InChI=1S/C13H10ClFN2O2/c1-7(2)12(18)9(6-16)13(19)17-8-3-4-11(15)10(14)5-8/h3-5,18H,1H2,2H3,(H,17,19)/b12-9-. The van der Waals surface area contributed by atoms with Crippen molar-refractivity contribution in [3.8, 4) is 6.07 Å². The lowest BCUT2D eigenvalue weighted by Crippen LogP contribution is -2.15. The third kappa shape index (κ3) is 3.57. The number of nitrogens with zero attached hydrogens (tertiary/aromatic N) is 1. The minimum Gasteiger partial charge on any atom is -0.506 e. The number of halogens is 2. The molecule has 0 saturated carbocycles. The van der Waals surface area contributed by atoms with Gasteiger partial charge in [0.25, 0.3) is 5.91 Å². The number of nitrogens with one attached hydrogen (secondary N) is 1. The van der Waals surface area contributed by atoms with Crippen LogP contribution in [0.1, 0.15) is 6.92 Å². The molecule has 0 aliphatic rings. The Morgan fingerprint density at radius 2 is 2.21 bits per heavy atom. The van der Waals surface area contributed by atoms with Gasteiger partial charge < -0.3 is 10.4 Å². The number of rotatable bonds is 3. The molecule has 0 spiro atoms. The SMILES string of the molecule is C=C(C)/C(O)=C(\C#N)C(=O)Nc1ccc(F)c(Cl)c1. The van der Waals surface area contributed by atoms with Crippen LogP contribution in [0.25, 0.3) is 0 Å². The van der Waals surface area contributed by atoms with Gasteiger partial charge in [0, 0.05) is 5.69 Å². The average molecular weight is 281 g/mol. The highest BCUT2D eigenvalue weighted by molar-refractivity contribution is 6.31. The summed E-state index contributed by atoms with van der Waals surface area (Å²) in [7, 11) is 0. The lowest BCUT2D eigenvalue weighted by molar-refractivity contribution is -0.112. The molecular formula is C13H10ClFN2O2. The van der Waals surface area contributed by atoms with E-state index < -0.39 is 23.1 Å². The van der Waals surface area contributed by atoms with Crippen molar-refractivity contribution in [2.75, 3.05) is 5.32 Å². The fraction of sp³-hybridized carbons (Fsp3) is 0.0769. The Kier molecular flexibility index (Phi) is 4.67. The van der Waals surface area contributed by atoms with Gasteiger partial charge in [0.2, 0.25) is 0 Å². The van der Waals surface area contributed by atoms with Gasteiger partial charge in [0.15, 0.2) is 5.57 Å². The molecule has 0 unspecified atom stereocenters. The number of hydrogen-bond donors (Lipinski definition) is 2. The highest BCUT2D eigenvalue weighted by Crippen LogP contribution is 2.20. The molecule has 6 heteroatoms. The lowest BCUT2D eigenvalue weighted by atomic mass is 10.1. The van der Waals surface area contributed by atoms with E-state index in [-0.39, 0.29) is 16.3 Å². The van der Waals surface area contributed by atoms with Crippen LogP contribution in [0.2, 0.25) is 5.02 Å². The van der Waals surface area contributed by atoms with Crippen molar-refractivity contribution in [2.45, 2.75) is 6.92 Å². The van der Waals surface area contributed by atoms with Gasteiger partial charge in [-0.2, -0.15) is 5.26 Å². The number of benzene rings is 1. The zero-order valence-electron chi connectivity index (χ0n) is 10.00. The molecule has 0 aromatic heterocycles. The molecule has 0 saturated heterocycles. The molecule has 0 atom stereocenters. The highest BCUT2D eigenvalue weighted by Gasteiger charge is 2.16. The second kappa shape index (κ2) is 6.03. The topological polar surface area (TPSA) is 73.1 Å². The number of nitriles is 1. The van der Waals surface area contributed by atoms with Gasteiger partial charge in [-0.3, -0.25) is 4.79 Å². The van der Waals surface area contributed by atoms with E-state index in [2.05, 4.69) is 11.9 Å². The Morgan fingerprint density at radius 1 is 1.58 bits per heavy atom. The summed E-state index contributed by atoms with van der Waals surface area (Å²) in [6.45, 7) is 4.88. The molecular weight excluding hydrogens is 271 g/mol. The summed E-state index contributed by atoms with van der Waals surface area (Å²) >= 11 is 5.56. The number of amides is 1.